The van der Waals surface area contributed by atoms with Gasteiger partial charge in [0.25, 0.3) is 5.91 Å². The van der Waals surface area contributed by atoms with E-state index in [1.807, 2.05) is 30.3 Å². The molecule has 2 aromatic heterocycles. The number of rotatable bonds is 7. The van der Waals surface area contributed by atoms with Crippen LogP contribution in [0.2, 0.25) is 0 Å². The van der Waals surface area contributed by atoms with Crippen LogP contribution < -0.4 is 10.6 Å². The number of amides is 1. The van der Waals surface area contributed by atoms with E-state index < -0.39 is 21.8 Å². The highest BCUT2D eigenvalue weighted by Crippen LogP contribution is 2.39. The van der Waals surface area contributed by atoms with Crippen LogP contribution >= 0.6 is 46.1 Å². The van der Waals surface area contributed by atoms with E-state index in [9.17, 15) is 9.59 Å². The topological polar surface area (TPSA) is 80.6 Å². The van der Waals surface area contributed by atoms with Gasteiger partial charge in [0, 0.05) is 10.9 Å². The van der Waals surface area contributed by atoms with Crippen LogP contribution in [0.3, 0.4) is 0 Å². The summed E-state index contributed by atoms with van der Waals surface area (Å²) < 4.78 is 8.37. The second kappa shape index (κ2) is 9.75. The summed E-state index contributed by atoms with van der Waals surface area (Å²) in [5, 5.41) is 7.72. The number of thiophene rings is 1. The van der Waals surface area contributed by atoms with Gasteiger partial charge in [0.2, 0.25) is 3.79 Å². The van der Waals surface area contributed by atoms with E-state index in [-0.39, 0.29) is 12.4 Å². The van der Waals surface area contributed by atoms with Crippen molar-refractivity contribution in [1.82, 2.24) is 5.32 Å². The van der Waals surface area contributed by atoms with Crippen LogP contribution in [0.4, 0.5) is 5.00 Å². The highest BCUT2D eigenvalue weighted by atomic mass is 35.6. The van der Waals surface area contributed by atoms with Crippen molar-refractivity contribution in [2.75, 3.05) is 11.9 Å². The lowest BCUT2D eigenvalue weighted by atomic mass is 10.0. The molecule has 0 radical (unpaired) electrons. The number of carbonyl (C=O) groups is 2. The Morgan fingerprint density at radius 2 is 1.90 bits per heavy atom. The number of esters is 1. The first-order valence-electron chi connectivity index (χ1n) is 8.83. The Kier molecular flexibility index (Phi) is 7.31. The van der Waals surface area contributed by atoms with Crippen LogP contribution in [-0.4, -0.2) is 28.4 Å². The lowest BCUT2D eigenvalue weighted by Gasteiger charge is -2.26. The van der Waals surface area contributed by atoms with Gasteiger partial charge in [-0.05, 0) is 24.6 Å². The van der Waals surface area contributed by atoms with Gasteiger partial charge in [0.15, 0.2) is 5.76 Å². The molecule has 0 spiro atoms. The maximum absolute atomic E-state index is 12.7. The third-order valence-corrected chi connectivity index (χ3v) is 5.54. The molecule has 0 bridgehead atoms. The van der Waals surface area contributed by atoms with Gasteiger partial charge < -0.3 is 19.8 Å². The van der Waals surface area contributed by atoms with Gasteiger partial charge in [-0.15, -0.1) is 11.3 Å². The molecular weight excluding hydrogens is 471 g/mol. The van der Waals surface area contributed by atoms with Crippen molar-refractivity contribution in [2.24, 2.45) is 0 Å². The van der Waals surface area contributed by atoms with Crippen molar-refractivity contribution in [1.29, 1.82) is 0 Å². The van der Waals surface area contributed by atoms with Crippen LogP contribution in [0.15, 0.2) is 58.5 Å². The summed E-state index contributed by atoms with van der Waals surface area (Å²) in [6, 6.07) is 12.4. The molecule has 3 aromatic rings. The van der Waals surface area contributed by atoms with Gasteiger partial charge in [-0.1, -0.05) is 65.1 Å². The molecule has 0 saturated carbocycles. The average Bonchev–Trinajstić information content (AvgIpc) is 3.38. The molecule has 30 heavy (non-hydrogen) atoms. The zero-order valence-electron chi connectivity index (χ0n) is 15.7. The molecule has 0 fully saturated rings. The molecule has 0 unspecified atom stereocenters. The molecule has 0 saturated heterocycles. The SMILES string of the molecule is CCOC(=O)c1c(-c2ccccc2)csc1N[C@@H](NC(=O)c1ccco1)C(Cl)(Cl)Cl. The van der Waals surface area contributed by atoms with Crippen LogP contribution in [-0.2, 0) is 4.74 Å². The number of nitrogens with one attached hydrogen (secondary N) is 2. The summed E-state index contributed by atoms with van der Waals surface area (Å²) >= 11 is 19.5. The second-order valence-corrected chi connectivity index (χ2v) is 9.26. The molecule has 2 heterocycles. The lowest BCUT2D eigenvalue weighted by molar-refractivity contribution is 0.0529. The van der Waals surface area contributed by atoms with E-state index in [0.29, 0.717) is 16.1 Å². The molecule has 10 heteroatoms. The number of anilines is 1. The van der Waals surface area contributed by atoms with Crippen LogP contribution in [0.1, 0.15) is 27.8 Å². The number of benzene rings is 1. The highest BCUT2D eigenvalue weighted by molar-refractivity contribution is 7.15. The Morgan fingerprint density at radius 1 is 1.17 bits per heavy atom. The fourth-order valence-corrected chi connectivity index (χ4v) is 3.96. The molecule has 1 amide bonds. The van der Waals surface area contributed by atoms with Gasteiger partial charge in [0.05, 0.1) is 12.9 Å². The van der Waals surface area contributed by atoms with Gasteiger partial charge in [-0.2, -0.15) is 0 Å². The summed E-state index contributed by atoms with van der Waals surface area (Å²) in [4.78, 5) is 25.1. The lowest BCUT2D eigenvalue weighted by Crippen LogP contribution is -2.49. The Morgan fingerprint density at radius 3 is 2.50 bits per heavy atom. The summed E-state index contributed by atoms with van der Waals surface area (Å²) in [6.07, 6.45) is 0.201. The number of furan rings is 1. The molecular formula is C20H17Cl3N2O4S. The molecule has 0 aliphatic heterocycles. The summed E-state index contributed by atoms with van der Waals surface area (Å²) in [7, 11) is 0. The first kappa shape index (κ1) is 22.5. The van der Waals surface area contributed by atoms with E-state index in [1.165, 1.54) is 23.7 Å². The molecule has 3 rings (SSSR count). The van der Waals surface area contributed by atoms with Gasteiger partial charge in [0.1, 0.15) is 16.7 Å². The monoisotopic (exact) mass is 486 g/mol. The normalized spacial score (nSPS) is 12.3. The smallest absolute Gasteiger partial charge is 0.341 e. The molecule has 0 aliphatic rings. The van der Waals surface area contributed by atoms with E-state index >= 15 is 0 Å². The van der Waals surface area contributed by atoms with Crippen LogP contribution in [0.25, 0.3) is 11.1 Å². The Hall–Kier alpha value is -2.19. The Bertz CT molecular complexity index is 1000. The highest BCUT2D eigenvalue weighted by Gasteiger charge is 2.36. The van der Waals surface area contributed by atoms with Gasteiger partial charge in [-0.25, -0.2) is 4.79 Å². The van der Waals surface area contributed by atoms with Gasteiger partial charge >= 0.3 is 5.97 Å². The van der Waals surface area contributed by atoms with Crippen molar-refractivity contribution in [3.8, 4) is 11.1 Å². The van der Waals surface area contributed by atoms with Gasteiger partial charge in [-0.3, -0.25) is 4.79 Å². The van der Waals surface area contributed by atoms with E-state index in [4.69, 9.17) is 44.0 Å². The maximum Gasteiger partial charge on any atom is 0.341 e. The molecule has 158 valence electrons. The quantitative estimate of drug-likeness (QED) is 0.253. The first-order valence-corrected chi connectivity index (χ1v) is 10.8. The number of alkyl halides is 3. The molecule has 1 aromatic carbocycles. The summed E-state index contributed by atoms with van der Waals surface area (Å²) in [5.41, 5.74) is 1.79. The fraction of sp³-hybridized carbons (Fsp3) is 0.200. The number of halogens is 3. The second-order valence-electron chi connectivity index (χ2n) is 6.01. The minimum Gasteiger partial charge on any atom is -0.462 e. The van der Waals surface area contributed by atoms with E-state index in [1.54, 1.807) is 18.4 Å². The first-order chi connectivity index (χ1) is 14.3. The average molecular weight is 488 g/mol. The predicted molar refractivity (Wildman–Crippen MR) is 120 cm³/mol. The summed E-state index contributed by atoms with van der Waals surface area (Å²) in [5.74, 6) is -1.06. The zero-order chi connectivity index (χ0) is 21.7. The number of carbonyl (C=O) groups excluding carboxylic acids is 2. The third kappa shape index (κ3) is 5.29. The minimum absolute atomic E-state index is 0.0535. The van der Waals surface area contributed by atoms with E-state index in [2.05, 4.69) is 10.6 Å². The molecule has 2 N–H and O–H groups in total. The minimum atomic E-state index is -1.93. The van der Waals surface area contributed by atoms with Crippen molar-refractivity contribution in [2.45, 2.75) is 16.9 Å². The third-order valence-electron chi connectivity index (χ3n) is 3.98. The molecule has 0 aliphatic carbocycles. The Labute approximate surface area is 192 Å². The van der Waals surface area contributed by atoms with Crippen LogP contribution in [0.5, 0.6) is 0 Å². The molecule has 6 nitrogen and oxygen atoms in total. The molecule has 1 atom stereocenters. The largest absolute Gasteiger partial charge is 0.462 e. The van der Waals surface area contributed by atoms with Crippen molar-refractivity contribution in [3.05, 3.63) is 65.4 Å². The van der Waals surface area contributed by atoms with Crippen molar-refractivity contribution >= 4 is 63.0 Å². The zero-order valence-corrected chi connectivity index (χ0v) is 18.7. The van der Waals surface area contributed by atoms with Crippen molar-refractivity contribution < 1.29 is 18.7 Å². The summed E-state index contributed by atoms with van der Waals surface area (Å²) in [6.45, 7) is 1.92. The van der Waals surface area contributed by atoms with Crippen molar-refractivity contribution in [3.63, 3.8) is 0 Å². The standard InChI is InChI=1S/C20H17Cl3N2O4S/c1-2-28-18(27)15-13(12-7-4-3-5-8-12)11-30-17(15)25-19(20(21,22)23)24-16(26)14-9-6-10-29-14/h3-11,19,25H,2H2,1H3,(H,24,26)/t19-/m1/s1. The maximum atomic E-state index is 12.7. The Balaban J connectivity index is 1.95. The predicted octanol–water partition coefficient (Wildman–Crippen LogP) is 5.72. The number of hydrogen-bond acceptors (Lipinski definition) is 6. The number of hydrogen-bond donors (Lipinski definition) is 2. The van der Waals surface area contributed by atoms with E-state index in [0.717, 1.165) is 5.56 Å². The number of ether oxygens (including phenoxy) is 1. The van der Waals surface area contributed by atoms with Crippen LogP contribution in [0, 0.1) is 0 Å². The fourth-order valence-electron chi connectivity index (χ4n) is 2.64.